The molecule has 0 fully saturated rings. The van der Waals surface area contributed by atoms with Crippen LogP contribution in [0.15, 0.2) is 60.7 Å². The zero-order chi connectivity index (χ0) is 41.7. The molecular weight excluding hydrogens is 787 g/mol. The monoisotopic (exact) mass is 836 g/mol. The Morgan fingerprint density at radius 2 is 1.07 bits per heavy atom. The summed E-state index contributed by atoms with van der Waals surface area (Å²) in [4.78, 5) is 23.2. The van der Waals surface area contributed by atoms with E-state index in [4.69, 9.17) is 42.1 Å². The highest BCUT2D eigenvalue weighted by molar-refractivity contribution is 6.32. The molecule has 0 radical (unpaired) electrons. The molecule has 58 heavy (non-hydrogen) atoms. The van der Waals surface area contributed by atoms with Gasteiger partial charge in [-0.2, -0.15) is 0 Å². The maximum Gasteiger partial charge on any atom is 0.323 e. The van der Waals surface area contributed by atoms with Crippen molar-refractivity contribution in [1.29, 1.82) is 0 Å². The van der Waals surface area contributed by atoms with E-state index in [0.29, 0.717) is 57.4 Å². The molecule has 6 N–H and O–H groups in total. The first-order valence-electron chi connectivity index (χ1n) is 19.6. The summed E-state index contributed by atoms with van der Waals surface area (Å²) in [5.41, 5.74) is 8.14. The lowest BCUT2D eigenvalue weighted by molar-refractivity contribution is -0.143. The highest BCUT2D eigenvalue weighted by Crippen LogP contribution is 2.47. The summed E-state index contributed by atoms with van der Waals surface area (Å²) in [5, 5.41) is 45.3. The molecule has 14 heteroatoms. The molecule has 2 aliphatic carbocycles. The fourth-order valence-electron chi connectivity index (χ4n) is 7.85. The Bertz CT molecular complexity index is 1980. The average molecular weight is 838 g/mol. The lowest BCUT2D eigenvalue weighted by atomic mass is 9.91. The van der Waals surface area contributed by atoms with Gasteiger partial charge in [-0.3, -0.25) is 20.2 Å². The van der Waals surface area contributed by atoms with Gasteiger partial charge in [0, 0.05) is 36.3 Å². The van der Waals surface area contributed by atoms with Crippen LogP contribution in [-0.4, -0.2) is 69.9 Å². The van der Waals surface area contributed by atoms with E-state index >= 15 is 0 Å². The molecule has 0 bridgehead atoms. The van der Waals surface area contributed by atoms with Crippen molar-refractivity contribution in [2.75, 3.05) is 13.2 Å². The SMILES string of the molecule is CCOc1cc(O[C@H]2CCc3c(-c4cccc5c4CC[C@@H]5Oc4cc(OCC)c(CN[C@H](C(=O)O)[C@@H](C)O)cc4Cl)cccc32)c(Cl)cc1CN[C@H](C(=O)O)[C@@H](C)O. The molecule has 2 aliphatic rings. The number of ether oxygens (including phenoxy) is 4. The van der Waals surface area contributed by atoms with E-state index in [2.05, 4.69) is 34.9 Å². The molecule has 0 unspecified atom stereocenters. The molecule has 0 saturated carbocycles. The molecule has 0 amide bonds. The molecular formula is C44H50Cl2N2O10. The van der Waals surface area contributed by atoms with E-state index < -0.39 is 36.2 Å². The zero-order valence-electron chi connectivity index (χ0n) is 32.9. The van der Waals surface area contributed by atoms with Crippen LogP contribution in [0.5, 0.6) is 23.0 Å². The average Bonchev–Trinajstić information content (AvgIpc) is 3.78. The van der Waals surface area contributed by atoms with Gasteiger partial charge in [-0.15, -0.1) is 0 Å². The van der Waals surface area contributed by atoms with Crippen LogP contribution >= 0.6 is 23.2 Å². The van der Waals surface area contributed by atoms with Gasteiger partial charge in [-0.25, -0.2) is 0 Å². The number of halogens is 2. The third-order valence-corrected chi connectivity index (χ3v) is 11.2. The second-order valence-electron chi connectivity index (χ2n) is 14.6. The van der Waals surface area contributed by atoms with Crippen LogP contribution < -0.4 is 29.6 Å². The van der Waals surface area contributed by atoms with E-state index in [1.165, 1.54) is 25.0 Å². The summed E-state index contributed by atoms with van der Waals surface area (Å²) in [6.07, 6.45) is 0.375. The first-order valence-corrected chi connectivity index (χ1v) is 20.3. The van der Waals surface area contributed by atoms with E-state index in [0.717, 1.165) is 47.9 Å². The Hall–Kier alpha value is -4.56. The van der Waals surface area contributed by atoms with Crippen LogP contribution in [0.25, 0.3) is 11.1 Å². The summed E-state index contributed by atoms with van der Waals surface area (Å²) in [5.74, 6) is -0.370. The highest BCUT2D eigenvalue weighted by Gasteiger charge is 2.32. The van der Waals surface area contributed by atoms with Crippen LogP contribution in [0.4, 0.5) is 0 Å². The number of hydrogen-bond donors (Lipinski definition) is 6. The van der Waals surface area contributed by atoms with Crippen LogP contribution in [0.2, 0.25) is 10.0 Å². The molecule has 0 aromatic heterocycles. The maximum absolute atomic E-state index is 11.6. The minimum atomic E-state index is -1.16. The molecule has 6 atom stereocenters. The van der Waals surface area contributed by atoms with E-state index in [9.17, 15) is 30.0 Å². The normalized spacial score (nSPS) is 17.8. The second-order valence-corrected chi connectivity index (χ2v) is 15.4. The van der Waals surface area contributed by atoms with Gasteiger partial charge in [0.25, 0.3) is 0 Å². The van der Waals surface area contributed by atoms with E-state index in [1.807, 2.05) is 26.0 Å². The lowest BCUT2D eigenvalue weighted by Crippen LogP contribution is -2.44. The third-order valence-electron chi connectivity index (χ3n) is 10.6. The number of aliphatic hydroxyl groups is 2. The topological polar surface area (TPSA) is 176 Å². The van der Waals surface area contributed by atoms with Crippen molar-refractivity contribution in [3.05, 3.63) is 104 Å². The van der Waals surface area contributed by atoms with Gasteiger partial charge >= 0.3 is 11.9 Å². The maximum atomic E-state index is 11.6. The number of aliphatic carboxylic acids is 2. The third kappa shape index (κ3) is 9.49. The van der Waals surface area contributed by atoms with Gasteiger partial charge in [-0.1, -0.05) is 59.6 Å². The van der Waals surface area contributed by atoms with Gasteiger partial charge < -0.3 is 39.4 Å². The molecule has 4 aromatic rings. The predicted molar refractivity (Wildman–Crippen MR) is 220 cm³/mol. The Morgan fingerprint density at radius 3 is 1.41 bits per heavy atom. The first kappa shape index (κ1) is 43.0. The molecule has 6 rings (SSSR count). The van der Waals surface area contributed by atoms with Crippen LogP contribution in [-0.2, 0) is 35.5 Å². The number of rotatable bonds is 19. The van der Waals surface area contributed by atoms with Crippen molar-refractivity contribution in [3.8, 4) is 34.1 Å². The van der Waals surface area contributed by atoms with Gasteiger partial charge in [-0.05, 0) is 98.9 Å². The number of nitrogens with one attached hydrogen (secondary N) is 2. The van der Waals surface area contributed by atoms with Crippen molar-refractivity contribution >= 4 is 35.1 Å². The summed E-state index contributed by atoms with van der Waals surface area (Å²) in [7, 11) is 0. The van der Waals surface area contributed by atoms with Gasteiger partial charge in [0.15, 0.2) is 0 Å². The zero-order valence-corrected chi connectivity index (χ0v) is 34.4. The number of carboxylic acids is 2. The number of carbonyl (C=O) groups is 2. The highest BCUT2D eigenvalue weighted by atomic mass is 35.5. The van der Waals surface area contributed by atoms with Gasteiger partial charge in [0.05, 0.1) is 35.5 Å². The van der Waals surface area contributed by atoms with Crippen molar-refractivity contribution in [2.24, 2.45) is 0 Å². The fraction of sp³-hybridized carbons (Fsp3) is 0.409. The van der Waals surface area contributed by atoms with Crippen LogP contribution in [0.3, 0.4) is 0 Å². The molecule has 0 saturated heterocycles. The molecule has 12 nitrogen and oxygen atoms in total. The Labute approximate surface area is 348 Å². The minimum absolute atomic E-state index is 0.119. The fourth-order valence-corrected chi connectivity index (χ4v) is 8.31. The Balaban J connectivity index is 1.21. The largest absolute Gasteiger partial charge is 0.493 e. The van der Waals surface area contributed by atoms with Crippen LogP contribution in [0, 0.1) is 0 Å². The Kier molecular flexibility index (Phi) is 14.1. The van der Waals surface area contributed by atoms with Crippen LogP contribution in [0.1, 0.15) is 86.1 Å². The summed E-state index contributed by atoms with van der Waals surface area (Å²) in [6.45, 7) is 7.55. The molecule has 4 aromatic carbocycles. The van der Waals surface area contributed by atoms with E-state index in [-0.39, 0.29) is 25.3 Å². The minimum Gasteiger partial charge on any atom is -0.493 e. The Morgan fingerprint density at radius 1 is 0.672 bits per heavy atom. The van der Waals surface area contributed by atoms with Crippen molar-refractivity contribution < 1.29 is 49.0 Å². The van der Waals surface area contributed by atoms with E-state index in [1.54, 1.807) is 24.3 Å². The second kappa shape index (κ2) is 19.0. The van der Waals surface area contributed by atoms with Crippen molar-refractivity contribution in [2.45, 2.75) is 103 Å². The molecule has 310 valence electrons. The number of benzene rings is 4. The van der Waals surface area contributed by atoms with Crippen molar-refractivity contribution in [1.82, 2.24) is 10.6 Å². The lowest BCUT2D eigenvalue weighted by Gasteiger charge is -2.21. The van der Waals surface area contributed by atoms with Gasteiger partial charge in [0.1, 0.15) is 47.3 Å². The predicted octanol–water partition coefficient (Wildman–Crippen LogP) is 7.44. The first-order chi connectivity index (χ1) is 27.8. The standard InChI is InChI=1S/C44H50Cl2N2O10/c1-5-55-37-19-39(33(45)17-25(37)21-47-41(23(3)49)43(51)52)57-35-15-13-29-27(9-7-11-31(29)35)28-10-8-12-32-30(28)14-16-36(32)58-40-20-38(56-6-2)26(18-34(40)46)22-48-42(24(4)50)44(53)54/h7-12,17-20,23-24,35-36,41-42,47-50H,5-6,13-16,21-22H2,1-4H3,(H,51,52)(H,53,54)/t23-,24-,35+,36+,41+,42+/m1/s1. The number of hydrogen-bond acceptors (Lipinski definition) is 10. The number of carboxylic acid groups (broad SMARTS) is 2. The number of aliphatic hydroxyl groups excluding tert-OH is 2. The quantitative estimate of drug-likeness (QED) is 0.0552. The molecule has 0 heterocycles. The number of fused-ring (bicyclic) bond motifs is 2. The smallest absolute Gasteiger partial charge is 0.323 e. The van der Waals surface area contributed by atoms with Crippen molar-refractivity contribution in [3.63, 3.8) is 0 Å². The summed E-state index contributed by atoms with van der Waals surface area (Å²) in [6, 6.07) is 17.2. The van der Waals surface area contributed by atoms with Gasteiger partial charge in [0.2, 0.25) is 0 Å². The summed E-state index contributed by atoms with van der Waals surface area (Å²) >= 11 is 13.5. The molecule has 0 aliphatic heterocycles. The molecule has 0 spiro atoms. The summed E-state index contributed by atoms with van der Waals surface area (Å²) < 4.78 is 25.0.